The lowest BCUT2D eigenvalue weighted by molar-refractivity contribution is 0.0595. The molecule has 5 aromatic rings. The van der Waals surface area contributed by atoms with Gasteiger partial charge in [-0.15, -0.1) is 0 Å². The standard InChI is InChI=1S/C34H39N5O3S/c1-38-15-13-25(14-16-38)22-42-23-31-19-27-11-12-29(20-35)37-34(27)39(31)21-28-18-30(17-26-7-5-6-10-33(26)28)36-24-43(40,41)32-8-3-2-4-9-32/h2-12,17-19,25,36H,13-16,20-24,35H2,1H3. The van der Waals surface area contributed by atoms with Gasteiger partial charge in [0.15, 0.2) is 9.84 Å². The number of hydrogen-bond acceptors (Lipinski definition) is 7. The van der Waals surface area contributed by atoms with Gasteiger partial charge in [-0.25, -0.2) is 13.4 Å². The average Bonchev–Trinajstić information content (AvgIpc) is 3.37. The van der Waals surface area contributed by atoms with E-state index in [0.29, 0.717) is 30.5 Å². The van der Waals surface area contributed by atoms with E-state index >= 15 is 0 Å². The van der Waals surface area contributed by atoms with Crippen molar-refractivity contribution in [3.63, 3.8) is 0 Å². The quantitative estimate of drug-likeness (QED) is 0.210. The third-order valence-corrected chi connectivity index (χ3v) is 9.90. The summed E-state index contributed by atoms with van der Waals surface area (Å²) in [5.41, 5.74) is 10.5. The summed E-state index contributed by atoms with van der Waals surface area (Å²) in [6, 6.07) is 27.0. The van der Waals surface area contributed by atoms with Crippen molar-refractivity contribution in [1.29, 1.82) is 0 Å². The molecule has 0 spiro atoms. The minimum Gasteiger partial charge on any atom is -0.375 e. The first kappa shape index (κ1) is 29.3. The van der Waals surface area contributed by atoms with E-state index in [9.17, 15) is 8.42 Å². The first-order valence-corrected chi connectivity index (χ1v) is 16.5. The molecule has 3 heterocycles. The van der Waals surface area contributed by atoms with Crippen LogP contribution in [0.25, 0.3) is 21.8 Å². The van der Waals surface area contributed by atoms with Crippen LogP contribution in [0.5, 0.6) is 0 Å². The number of nitrogens with zero attached hydrogens (tertiary/aromatic N) is 3. The lowest BCUT2D eigenvalue weighted by atomic mass is 9.98. The monoisotopic (exact) mass is 597 g/mol. The Morgan fingerprint density at radius 3 is 2.51 bits per heavy atom. The van der Waals surface area contributed by atoms with Crippen LogP contribution in [0.4, 0.5) is 5.69 Å². The Morgan fingerprint density at radius 2 is 1.72 bits per heavy atom. The summed E-state index contributed by atoms with van der Waals surface area (Å²) in [5, 5.41) is 6.37. The zero-order valence-electron chi connectivity index (χ0n) is 24.6. The van der Waals surface area contributed by atoms with E-state index in [1.54, 1.807) is 24.3 Å². The van der Waals surface area contributed by atoms with Crippen molar-refractivity contribution >= 4 is 37.3 Å². The normalized spacial score (nSPS) is 14.9. The third-order valence-electron chi connectivity index (χ3n) is 8.38. The topological polar surface area (TPSA) is 102 Å². The van der Waals surface area contributed by atoms with Gasteiger partial charge in [0, 0.05) is 23.3 Å². The highest BCUT2D eigenvalue weighted by molar-refractivity contribution is 7.91. The van der Waals surface area contributed by atoms with Gasteiger partial charge in [0.05, 0.1) is 30.3 Å². The molecule has 1 aliphatic heterocycles. The van der Waals surface area contributed by atoms with E-state index in [4.69, 9.17) is 15.5 Å². The van der Waals surface area contributed by atoms with E-state index in [1.165, 1.54) is 0 Å². The Bertz CT molecular complexity index is 1810. The summed E-state index contributed by atoms with van der Waals surface area (Å²) in [6.07, 6.45) is 2.32. The van der Waals surface area contributed by atoms with Gasteiger partial charge in [0.1, 0.15) is 11.5 Å². The van der Waals surface area contributed by atoms with Crippen molar-refractivity contribution in [2.24, 2.45) is 11.7 Å². The maximum atomic E-state index is 13.0. The summed E-state index contributed by atoms with van der Waals surface area (Å²) in [4.78, 5) is 7.58. The summed E-state index contributed by atoms with van der Waals surface area (Å²) in [5.74, 6) is 0.383. The van der Waals surface area contributed by atoms with Crippen LogP contribution in [0.15, 0.2) is 89.8 Å². The van der Waals surface area contributed by atoms with Crippen LogP contribution in [0.3, 0.4) is 0 Å². The number of pyridine rings is 1. The number of likely N-dealkylation sites (tertiary alicyclic amines) is 1. The third kappa shape index (κ3) is 6.75. The molecule has 0 atom stereocenters. The maximum Gasteiger partial charge on any atom is 0.196 e. The second kappa shape index (κ2) is 12.9. The van der Waals surface area contributed by atoms with Crippen molar-refractivity contribution in [2.45, 2.75) is 37.4 Å². The van der Waals surface area contributed by atoms with Crippen LogP contribution < -0.4 is 11.1 Å². The summed E-state index contributed by atoms with van der Waals surface area (Å²) in [7, 11) is -1.32. The number of nitrogens with one attached hydrogen (secondary N) is 1. The highest BCUT2D eigenvalue weighted by atomic mass is 32.2. The number of anilines is 1. The smallest absolute Gasteiger partial charge is 0.196 e. The highest BCUT2D eigenvalue weighted by Gasteiger charge is 2.19. The van der Waals surface area contributed by atoms with Crippen LogP contribution in [-0.2, 0) is 34.3 Å². The molecule has 1 fully saturated rings. The largest absolute Gasteiger partial charge is 0.375 e. The highest BCUT2D eigenvalue weighted by Crippen LogP contribution is 2.29. The minimum absolute atomic E-state index is 0.196. The second-order valence-corrected chi connectivity index (χ2v) is 13.5. The van der Waals surface area contributed by atoms with Crippen LogP contribution in [0.1, 0.15) is 29.8 Å². The Hall–Kier alpha value is -3.76. The van der Waals surface area contributed by atoms with E-state index in [0.717, 1.165) is 77.0 Å². The molecule has 6 rings (SSSR count). The Kier molecular flexibility index (Phi) is 8.76. The molecule has 3 aromatic carbocycles. The van der Waals surface area contributed by atoms with Gasteiger partial charge >= 0.3 is 0 Å². The molecule has 2 aromatic heterocycles. The van der Waals surface area contributed by atoms with Gasteiger partial charge in [0.25, 0.3) is 0 Å². The summed E-state index contributed by atoms with van der Waals surface area (Å²) in [6.45, 7) is 4.38. The number of fused-ring (bicyclic) bond motifs is 2. The molecule has 0 unspecified atom stereocenters. The van der Waals surface area contributed by atoms with Crippen molar-refractivity contribution in [3.05, 3.63) is 102 Å². The predicted molar refractivity (Wildman–Crippen MR) is 173 cm³/mol. The number of aromatic nitrogens is 2. The number of nitrogens with two attached hydrogens (primary N) is 1. The summed E-state index contributed by atoms with van der Waals surface area (Å²) >= 11 is 0. The predicted octanol–water partition coefficient (Wildman–Crippen LogP) is 5.40. The molecular formula is C34H39N5O3S. The van der Waals surface area contributed by atoms with Crippen LogP contribution in [-0.4, -0.2) is 55.5 Å². The number of rotatable bonds is 11. The number of sulfone groups is 1. The lowest BCUT2D eigenvalue weighted by Crippen LogP contribution is -2.32. The number of hydrogen-bond donors (Lipinski definition) is 2. The molecule has 8 nitrogen and oxygen atoms in total. The molecule has 0 radical (unpaired) electrons. The number of ether oxygens (including phenoxy) is 1. The first-order chi connectivity index (χ1) is 20.9. The van der Waals surface area contributed by atoms with E-state index in [1.807, 2.05) is 36.4 Å². The van der Waals surface area contributed by atoms with Gasteiger partial charge in [0.2, 0.25) is 0 Å². The van der Waals surface area contributed by atoms with Crippen LogP contribution in [0.2, 0.25) is 0 Å². The van der Waals surface area contributed by atoms with Crippen molar-refractivity contribution < 1.29 is 13.2 Å². The van der Waals surface area contributed by atoms with E-state index in [-0.39, 0.29) is 5.88 Å². The molecule has 43 heavy (non-hydrogen) atoms. The molecule has 224 valence electrons. The Balaban J connectivity index is 1.30. The van der Waals surface area contributed by atoms with Gasteiger partial charge in [-0.3, -0.25) is 0 Å². The maximum absolute atomic E-state index is 13.0. The SMILES string of the molecule is CN1CCC(COCc2cc3ccc(CN)nc3n2Cc2cc(NCS(=O)(=O)c3ccccc3)cc3ccccc23)CC1. The zero-order chi connectivity index (χ0) is 29.8. The first-order valence-electron chi connectivity index (χ1n) is 14.9. The molecule has 0 amide bonds. The summed E-state index contributed by atoms with van der Waals surface area (Å²) < 4.78 is 34.5. The number of benzene rings is 3. The molecule has 1 saturated heterocycles. The molecule has 3 N–H and O–H groups in total. The molecular weight excluding hydrogens is 558 g/mol. The zero-order valence-corrected chi connectivity index (χ0v) is 25.4. The fourth-order valence-electron chi connectivity index (χ4n) is 5.87. The van der Waals surface area contributed by atoms with Crippen molar-refractivity contribution in [3.8, 4) is 0 Å². The van der Waals surface area contributed by atoms with Crippen LogP contribution >= 0.6 is 0 Å². The van der Waals surface area contributed by atoms with Crippen molar-refractivity contribution in [1.82, 2.24) is 14.5 Å². The van der Waals surface area contributed by atoms with Gasteiger partial charge in [-0.1, -0.05) is 42.5 Å². The molecule has 0 saturated carbocycles. The molecule has 0 aliphatic carbocycles. The van der Waals surface area contributed by atoms with Crippen LogP contribution in [0, 0.1) is 5.92 Å². The molecule has 9 heteroatoms. The molecule has 1 aliphatic rings. The fourth-order valence-corrected chi connectivity index (χ4v) is 6.97. The fraction of sp³-hybridized carbons (Fsp3) is 0.324. The Labute approximate surface area is 253 Å². The van der Waals surface area contributed by atoms with Gasteiger partial charge in [-0.05, 0) is 97.7 Å². The lowest BCUT2D eigenvalue weighted by Gasteiger charge is -2.28. The van der Waals surface area contributed by atoms with Gasteiger partial charge in [-0.2, -0.15) is 0 Å². The average molecular weight is 598 g/mol. The van der Waals surface area contributed by atoms with Gasteiger partial charge < -0.3 is 25.3 Å². The van der Waals surface area contributed by atoms with Crippen molar-refractivity contribution in [2.75, 3.05) is 37.9 Å². The number of piperidine rings is 1. The van der Waals surface area contributed by atoms with E-state index < -0.39 is 9.84 Å². The minimum atomic E-state index is -3.50. The Morgan fingerprint density at radius 1 is 0.953 bits per heavy atom. The molecule has 0 bridgehead atoms. The second-order valence-electron chi connectivity index (χ2n) is 11.5. The van der Waals surface area contributed by atoms with E-state index in [2.05, 4.69) is 46.1 Å².